The van der Waals surface area contributed by atoms with Gasteiger partial charge in [0.1, 0.15) is 0 Å². The fourth-order valence-electron chi connectivity index (χ4n) is 6.83. The van der Waals surface area contributed by atoms with Crippen molar-refractivity contribution in [2.24, 2.45) is 28.1 Å². The van der Waals surface area contributed by atoms with Crippen LogP contribution in [-0.4, -0.2) is 23.8 Å². The number of carbonyl (C=O) groups excluding carboxylic acids is 2. The molecular formula is C22H30O4. The van der Waals surface area contributed by atoms with Gasteiger partial charge in [-0.15, -0.1) is 0 Å². The van der Waals surface area contributed by atoms with Crippen molar-refractivity contribution in [2.75, 3.05) is 7.11 Å². The largest absolute Gasteiger partial charge is 0.504 e. The summed E-state index contributed by atoms with van der Waals surface area (Å²) in [6, 6.07) is 0. The molecule has 3 saturated carbocycles. The number of hydrogen-bond acceptors (Lipinski definition) is 4. The number of aliphatic hydroxyl groups is 1. The van der Waals surface area contributed by atoms with Gasteiger partial charge in [-0.25, -0.2) is 0 Å². The van der Waals surface area contributed by atoms with Gasteiger partial charge in [0.15, 0.2) is 11.5 Å². The number of ketones is 2. The number of methoxy groups -OCH3 is 1. The maximum Gasteiger partial charge on any atom is 0.227 e. The van der Waals surface area contributed by atoms with E-state index < -0.39 is 5.78 Å². The fourth-order valence-corrected chi connectivity index (χ4v) is 6.83. The Morgan fingerprint density at radius 2 is 1.96 bits per heavy atom. The Morgan fingerprint density at radius 3 is 2.65 bits per heavy atom. The predicted molar refractivity (Wildman–Crippen MR) is 98.4 cm³/mol. The van der Waals surface area contributed by atoms with Gasteiger partial charge in [0.25, 0.3) is 0 Å². The van der Waals surface area contributed by atoms with Crippen LogP contribution in [0.1, 0.15) is 65.7 Å². The summed E-state index contributed by atoms with van der Waals surface area (Å²) in [5.74, 6) is -0.161. The molecule has 3 fully saturated rings. The van der Waals surface area contributed by atoms with Crippen LogP contribution in [0.2, 0.25) is 0 Å². The number of aliphatic hydroxyl groups excluding tert-OH is 1. The molecule has 142 valence electrons. The highest BCUT2D eigenvalue weighted by atomic mass is 16.5. The van der Waals surface area contributed by atoms with E-state index >= 15 is 0 Å². The van der Waals surface area contributed by atoms with Crippen LogP contribution in [0.3, 0.4) is 0 Å². The molecule has 0 aromatic carbocycles. The zero-order valence-electron chi connectivity index (χ0n) is 16.4. The lowest BCUT2D eigenvalue weighted by molar-refractivity contribution is -0.120. The Balaban J connectivity index is 1.71. The predicted octanol–water partition coefficient (Wildman–Crippen LogP) is 4.50. The molecule has 4 heteroatoms. The van der Waals surface area contributed by atoms with Crippen molar-refractivity contribution in [2.45, 2.75) is 65.7 Å². The lowest BCUT2D eigenvalue weighted by Gasteiger charge is -2.55. The van der Waals surface area contributed by atoms with Crippen LogP contribution < -0.4 is 0 Å². The van der Waals surface area contributed by atoms with Gasteiger partial charge < -0.3 is 9.84 Å². The summed E-state index contributed by atoms with van der Waals surface area (Å²) in [5.41, 5.74) is 1.04. The van der Waals surface area contributed by atoms with E-state index in [9.17, 15) is 14.7 Å². The molecule has 0 aliphatic heterocycles. The molecule has 0 aromatic heterocycles. The van der Waals surface area contributed by atoms with Gasteiger partial charge in [0.05, 0.1) is 7.11 Å². The molecule has 4 aliphatic carbocycles. The molecule has 0 bridgehead atoms. The Labute approximate surface area is 155 Å². The van der Waals surface area contributed by atoms with Gasteiger partial charge in [-0.2, -0.15) is 0 Å². The van der Waals surface area contributed by atoms with E-state index in [0.717, 1.165) is 12.5 Å². The van der Waals surface area contributed by atoms with E-state index in [1.807, 2.05) is 0 Å². The molecule has 0 aromatic rings. The third kappa shape index (κ3) is 2.13. The molecule has 4 aliphatic rings. The summed E-state index contributed by atoms with van der Waals surface area (Å²) in [5, 5.41) is 10.4. The standard InChI is InChI=1S/C22H30O4/c1-13-7-9-22-12-20(22,2)8-5-6-17(22)21(13,3)11-14-18(24)15(23)10-16(26-4)19(14)25/h10,13,17,24H,5-9,11-12H2,1-4H3/t13-,17+,20+,21-,22+/m1/s1. The quantitative estimate of drug-likeness (QED) is 0.754. The van der Waals surface area contributed by atoms with Crippen LogP contribution >= 0.6 is 0 Å². The smallest absolute Gasteiger partial charge is 0.227 e. The van der Waals surface area contributed by atoms with Gasteiger partial charge in [-0.05, 0) is 66.6 Å². The van der Waals surface area contributed by atoms with Gasteiger partial charge in [-0.3, -0.25) is 9.59 Å². The van der Waals surface area contributed by atoms with Crippen LogP contribution in [-0.2, 0) is 14.3 Å². The average Bonchev–Trinajstić information content (AvgIpc) is 3.24. The third-order valence-corrected chi connectivity index (χ3v) is 8.67. The molecular weight excluding hydrogens is 328 g/mol. The Kier molecular flexibility index (Phi) is 3.74. The van der Waals surface area contributed by atoms with E-state index in [1.54, 1.807) is 0 Å². The summed E-state index contributed by atoms with van der Waals surface area (Å²) in [6.45, 7) is 7.00. The summed E-state index contributed by atoms with van der Waals surface area (Å²) in [6.07, 6.45) is 9.06. The monoisotopic (exact) mass is 358 g/mol. The van der Waals surface area contributed by atoms with Crippen molar-refractivity contribution in [1.82, 2.24) is 0 Å². The lowest BCUT2D eigenvalue weighted by atomic mass is 9.50. The van der Waals surface area contributed by atoms with E-state index in [-0.39, 0.29) is 28.3 Å². The van der Waals surface area contributed by atoms with Crippen LogP contribution in [0.25, 0.3) is 0 Å². The van der Waals surface area contributed by atoms with Crippen molar-refractivity contribution in [1.29, 1.82) is 0 Å². The lowest BCUT2D eigenvalue weighted by Crippen LogP contribution is -2.48. The van der Waals surface area contributed by atoms with Crippen molar-refractivity contribution in [3.05, 3.63) is 23.2 Å². The van der Waals surface area contributed by atoms with Gasteiger partial charge in [0.2, 0.25) is 11.6 Å². The van der Waals surface area contributed by atoms with Crippen LogP contribution in [0.15, 0.2) is 23.2 Å². The molecule has 4 nitrogen and oxygen atoms in total. The topological polar surface area (TPSA) is 63.6 Å². The second-order valence-corrected chi connectivity index (χ2v) is 9.69. The number of hydrogen-bond donors (Lipinski definition) is 1. The summed E-state index contributed by atoms with van der Waals surface area (Å²) < 4.78 is 5.10. The zero-order valence-corrected chi connectivity index (χ0v) is 16.4. The second kappa shape index (κ2) is 5.46. The van der Waals surface area contributed by atoms with Gasteiger partial charge in [0, 0.05) is 11.6 Å². The van der Waals surface area contributed by atoms with Crippen LogP contribution in [0, 0.1) is 28.1 Å². The molecule has 0 unspecified atom stereocenters. The van der Waals surface area contributed by atoms with E-state index in [0.29, 0.717) is 29.1 Å². The van der Waals surface area contributed by atoms with Crippen molar-refractivity contribution in [3.8, 4) is 0 Å². The fraction of sp³-hybridized carbons (Fsp3) is 0.727. The Hall–Kier alpha value is -1.58. The van der Waals surface area contributed by atoms with Crippen LogP contribution in [0.4, 0.5) is 0 Å². The highest BCUT2D eigenvalue weighted by Crippen LogP contribution is 2.80. The number of Topliss-reactive ketones (excluding diaryl/α,β-unsaturated/α-hetero) is 1. The Bertz CT molecular complexity index is 747. The van der Waals surface area contributed by atoms with E-state index in [2.05, 4.69) is 20.8 Å². The highest BCUT2D eigenvalue weighted by molar-refractivity contribution is 6.20. The number of carbonyl (C=O) groups is 2. The molecule has 1 spiro atoms. The van der Waals surface area contributed by atoms with Crippen molar-refractivity contribution < 1.29 is 19.4 Å². The summed E-state index contributed by atoms with van der Waals surface area (Å²) in [7, 11) is 1.40. The minimum absolute atomic E-state index is 0.0458. The van der Waals surface area contributed by atoms with Crippen LogP contribution in [0.5, 0.6) is 0 Å². The molecule has 0 amide bonds. The van der Waals surface area contributed by atoms with Gasteiger partial charge in [-0.1, -0.05) is 27.2 Å². The van der Waals surface area contributed by atoms with Crippen molar-refractivity contribution >= 4 is 11.6 Å². The first kappa shape index (κ1) is 17.8. The maximum absolute atomic E-state index is 12.8. The van der Waals surface area contributed by atoms with Crippen molar-refractivity contribution in [3.63, 3.8) is 0 Å². The first-order valence-electron chi connectivity index (χ1n) is 9.95. The summed E-state index contributed by atoms with van der Waals surface area (Å²) >= 11 is 0. The maximum atomic E-state index is 12.8. The molecule has 26 heavy (non-hydrogen) atoms. The Morgan fingerprint density at radius 1 is 1.23 bits per heavy atom. The summed E-state index contributed by atoms with van der Waals surface area (Å²) in [4.78, 5) is 24.9. The van der Waals surface area contributed by atoms with E-state index in [4.69, 9.17) is 4.74 Å². The first-order chi connectivity index (χ1) is 12.2. The molecule has 5 atom stereocenters. The second-order valence-electron chi connectivity index (χ2n) is 9.69. The molecule has 0 saturated heterocycles. The third-order valence-electron chi connectivity index (χ3n) is 8.67. The first-order valence-corrected chi connectivity index (χ1v) is 9.95. The molecule has 0 heterocycles. The van der Waals surface area contributed by atoms with Gasteiger partial charge >= 0.3 is 0 Å². The molecule has 4 rings (SSSR count). The number of allylic oxidation sites excluding steroid dienone is 2. The average molecular weight is 358 g/mol. The molecule has 1 N–H and O–H groups in total. The number of rotatable bonds is 3. The zero-order chi connectivity index (χ0) is 18.9. The van der Waals surface area contributed by atoms with E-state index in [1.165, 1.54) is 39.2 Å². The normalized spacial score (nSPS) is 45.0. The minimum atomic E-state index is -0.516. The SMILES string of the molecule is COC1=CC(=O)C(O)=C(C[C@]2(C)[C@H](C)CC[C@@]34C[C@]3(C)CCC[C@@H]24)C1=O. The minimum Gasteiger partial charge on any atom is -0.504 e. The number of ether oxygens (including phenoxy) is 1. The highest BCUT2D eigenvalue weighted by Gasteiger charge is 2.72. The molecule has 0 radical (unpaired) electrons.